The fourth-order valence-corrected chi connectivity index (χ4v) is 3.55. The Balaban J connectivity index is 1.61. The first-order chi connectivity index (χ1) is 15.5. The molecule has 3 aromatic rings. The zero-order chi connectivity index (χ0) is 22.8. The Morgan fingerprint density at radius 1 is 0.844 bits per heavy atom. The van der Waals surface area contributed by atoms with Crippen LogP contribution in [0.25, 0.3) is 0 Å². The molecule has 4 nitrogen and oxygen atoms in total. The molecule has 2 atom stereocenters. The molecule has 0 bridgehead atoms. The maximum Gasteiger partial charge on any atom is 0.220 e. The van der Waals surface area contributed by atoms with Crippen LogP contribution in [0.2, 0.25) is 0 Å². The number of benzene rings is 3. The molecule has 1 amide bonds. The van der Waals surface area contributed by atoms with E-state index in [1.807, 2.05) is 60.7 Å². The molecule has 3 aromatic carbocycles. The summed E-state index contributed by atoms with van der Waals surface area (Å²) in [6.07, 6.45) is -0.0101. The van der Waals surface area contributed by atoms with Crippen LogP contribution >= 0.6 is 0 Å². The first-order valence-electron chi connectivity index (χ1n) is 10.7. The summed E-state index contributed by atoms with van der Waals surface area (Å²) in [5.41, 5.74) is 2.48. The van der Waals surface area contributed by atoms with Crippen LogP contribution in [0.5, 0.6) is 0 Å². The maximum atomic E-state index is 13.6. The number of hydrogen-bond donors (Lipinski definition) is 3. The Bertz CT molecular complexity index is 963. The standard InChI is InChI=1S/C26H28F2N2O2/c27-22-13-21(14-23(28)16-22)15-24(25(31)18-29-17-20-9-5-2-6-10-20)30-26(32)12-11-19-7-3-1-4-8-19/h1-10,13-14,16,24-25,29,31H,11-12,15,17-18H2,(H,30,32). The summed E-state index contributed by atoms with van der Waals surface area (Å²) < 4.78 is 27.3. The zero-order valence-electron chi connectivity index (χ0n) is 17.8. The zero-order valence-corrected chi connectivity index (χ0v) is 17.8. The minimum absolute atomic E-state index is 0.111. The highest BCUT2D eigenvalue weighted by Crippen LogP contribution is 2.13. The Morgan fingerprint density at radius 3 is 2.06 bits per heavy atom. The van der Waals surface area contributed by atoms with Crippen LogP contribution in [0.3, 0.4) is 0 Å². The van der Waals surface area contributed by atoms with Crippen LogP contribution in [0, 0.1) is 11.6 Å². The molecule has 0 aromatic heterocycles. The normalized spacial score (nSPS) is 12.8. The lowest BCUT2D eigenvalue weighted by Crippen LogP contribution is -2.48. The lowest BCUT2D eigenvalue weighted by Gasteiger charge is -2.25. The third kappa shape index (κ3) is 7.87. The van der Waals surface area contributed by atoms with E-state index in [4.69, 9.17) is 0 Å². The highest BCUT2D eigenvalue weighted by Gasteiger charge is 2.22. The van der Waals surface area contributed by atoms with Gasteiger partial charge >= 0.3 is 0 Å². The molecule has 0 aliphatic heterocycles. The van der Waals surface area contributed by atoms with Crippen molar-refractivity contribution in [3.63, 3.8) is 0 Å². The molecule has 3 rings (SSSR count). The van der Waals surface area contributed by atoms with Gasteiger partial charge in [0.1, 0.15) is 11.6 Å². The highest BCUT2D eigenvalue weighted by molar-refractivity contribution is 5.76. The molecule has 3 N–H and O–H groups in total. The van der Waals surface area contributed by atoms with Gasteiger partial charge in [0.25, 0.3) is 0 Å². The van der Waals surface area contributed by atoms with E-state index in [1.165, 1.54) is 12.1 Å². The van der Waals surface area contributed by atoms with E-state index < -0.39 is 23.8 Å². The van der Waals surface area contributed by atoms with Crippen molar-refractivity contribution >= 4 is 5.91 Å². The second kappa shape index (κ2) is 12.1. The summed E-state index contributed by atoms with van der Waals surface area (Å²) in [6.45, 7) is 0.775. The number of hydrogen-bond acceptors (Lipinski definition) is 3. The van der Waals surface area contributed by atoms with Gasteiger partial charge in [-0.25, -0.2) is 8.78 Å². The minimum Gasteiger partial charge on any atom is -0.390 e. The molecule has 6 heteroatoms. The van der Waals surface area contributed by atoms with Crippen molar-refractivity contribution in [2.45, 2.75) is 38.0 Å². The van der Waals surface area contributed by atoms with Gasteiger partial charge in [-0.1, -0.05) is 60.7 Å². The van der Waals surface area contributed by atoms with E-state index >= 15 is 0 Å². The first kappa shape index (κ1) is 23.6. The maximum absolute atomic E-state index is 13.6. The van der Waals surface area contributed by atoms with Crippen molar-refractivity contribution < 1.29 is 18.7 Å². The summed E-state index contributed by atoms with van der Waals surface area (Å²) in [5.74, 6) is -1.60. The molecule has 0 saturated heterocycles. The van der Waals surface area contributed by atoms with E-state index in [0.717, 1.165) is 17.2 Å². The molecule has 0 aliphatic rings. The van der Waals surface area contributed by atoms with Crippen LogP contribution in [0.1, 0.15) is 23.1 Å². The lowest BCUT2D eigenvalue weighted by molar-refractivity contribution is -0.122. The topological polar surface area (TPSA) is 61.4 Å². The highest BCUT2D eigenvalue weighted by atomic mass is 19.1. The van der Waals surface area contributed by atoms with Crippen LogP contribution in [0.4, 0.5) is 8.78 Å². The molecule has 0 aliphatic carbocycles. The van der Waals surface area contributed by atoms with E-state index in [0.29, 0.717) is 18.5 Å². The van der Waals surface area contributed by atoms with Crippen LogP contribution in [-0.2, 0) is 24.2 Å². The van der Waals surface area contributed by atoms with Crippen molar-refractivity contribution in [2.24, 2.45) is 0 Å². The van der Waals surface area contributed by atoms with Crippen LogP contribution in [0.15, 0.2) is 78.9 Å². The third-order valence-corrected chi connectivity index (χ3v) is 5.20. The molecule has 0 spiro atoms. The molecule has 0 radical (unpaired) electrons. The smallest absolute Gasteiger partial charge is 0.220 e. The van der Waals surface area contributed by atoms with Gasteiger partial charge in [0, 0.05) is 25.6 Å². The molecule has 2 unspecified atom stereocenters. The molecule has 32 heavy (non-hydrogen) atoms. The molecule has 0 heterocycles. The van der Waals surface area contributed by atoms with Gasteiger partial charge in [-0.3, -0.25) is 4.79 Å². The molecular weight excluding hydrogens is 410 g/mol. The lowest BCUT2D eigenvalue weighted by atomic mass is 10.00. The van der Waals surface area contributed by atoms with Crippen LogP contribution < -0.4 is 10.6 Å². The summed E-state index contributed by atoms with van der Waals surface area (Å²) >= 11 is 0. The number of nitrogens with one attached hydrogen (secondary N) is 2. The number of aliphatic hydroxyl groups is 1. The van der Waals surface area contributed by atoms with Crippen molar-refractivity contribution in [3.8, 4) is 0 Å². The summed E-state index contributed by atoms with van der Waals surface area (Å²) in [4.78, 5) is 12.6. The van der Waals surface area contributed by atoms with Crippen molar-refractivity contribution in [3.05, 3.63) is 107 Å². The van der Waals surface area contributed by atoms with Gasteiger partial charge in [0.05, 0.1) is 12.1 Å². The largest absolute Gasteiger partial charge is 0.390 e. The third-order valence-electron chi connectivity index (χ3n) is 5.20. The Morgan fingerprint density at radius 2 is 1.44 bits per heavy atom. The molecular formula is C26H28F2N2O2. The molecule has 0 saturated carbocycles. The molecule has 0 fully saturated rings. The SMILES string of the molecule is O=C(CCc1ccccc1)NC(Cc1cc(F)cc(F)c1)C(O)CNCc1ccccc1. The van der Waals surface area contributed by atoms with Gasteiger partial charge in [-0.15, -0.1) is 0 Å². The number of carbonyl (C=O) groups excluding carboxylic acids is 1. The second-order valence-corrected chi connectivity index (χ2v) is 7.83. The summed E-state index contributed by atoms with van der Waals surface area (Å²) in [7, 11) is 0. The number of halogens is 2. The van der Waals surface area contributed by atoms with E-state index in [9.17, 15) is 18.7 Å². The summed E-state index contributed by atoms with van der Waals surface area (Å²) in [5, 5.41) is 16.8. The van der Waals surface area contributed by atoms with Gasteiger partial charge in [0.2, 0.25) is 5.91 Å². The average molecular weight is 439 g/mol. The number of carbonyl (C=O) groups is 1. The number of aryl methyl sites for hydroxylation is 1. The Kier molecular flexibility index (Phi) is 8.90. The van der Waals surface area contributed by atoms with Crippen molar-refractivity contribution in [1.82, 2.24) is 10.6 Å². The Hall–Kier alpha value is -3.09. The average Bonchev–Trinajstić information content (AvgIpc) is 2.78. The minimum atomic E-state index is -0.939. The van der Waals surface area contributed by atoms with Gasteiger partial charge in [-0.2, -0.15) is 0 Å². The number of aliphatic hydroxyl groups excluding tert-OH is 1. The Labute approximate surface area is 187 Å². The van der Waals surface area contributed by atoms with Crippen molar-refractivity contribution in [2.75, 3.05) is 6.54 Å². The fraction of sp³-hybridized carbons (Fsp3) is 0.269. The fourth-order valence-electron chi connectivity index (χ4n) is 3.55. The van der Waals surface area contributed by atoms with Gasteiger partial charge in [0.15, 0.2) is 0 Å². The van der Waals surface area contributed by atoms with Gasteiger partial charge in [-0.05, 0) is 41.7 Å². The van der Waals surface area contributed by atoms with E-state index in [2.05, 4.69) is 10.6 Å². The quantitative estimate of drug-likeness (QED) is 0.427. The predicted octanol–water partition coefficient (Wildman–Crippen LogP) is 3.78. The summed E-state index contributed by atoms with van der Waals surface area (Å²) in [6, 6.07) is 21.9. The van der Waals surface area contributed by atoms with Crippen molar-refractivity contribution in [1.29, 1.82) is 0 Å². The number of amides is 1. The van der Waals surface area contributed by atoms with Gasteiger partial charge < -0.3 is 15.7 Å². The first-order valence-corrected chi connectivity index (χ1v) is 10.7. The van der Waals surface area contributed by atoms with E-state index in [-0.39, 0.29) is 25.3 Å². The van der Waals surface area contributed by atoms with Crippen LogP contribution in [-0.4, -0.2) is 29.7 Å². The second-order valence-electron chi connectivity index (χ2n) is 7.83. The predicted molar refractivity (Wildman–Crippen MR) is 121 cm³/mol. The number of rotatable bonds is 11. The monoisotopic (exact) mass is 438 g/mol. The van der Waals surface area contributed by atoms with E-state index in [1.54, 1.807) is 0 Å². The molecule has 168 valence electrons.